The van der Waals surface area contributed by atoms with Crippen molar-refractivity contribution in [1.82, 2.24) is 20.3 Å². The quantitative estimate of drug-likeness (QED) is 0.901. The van der Waals surface area contributed by atoms with Gasteiger partial charge in [0.1, 0.15) is 5.69 Å². The van der Waals surface area contributed by atoms with Crippen LogP contribution in [0, 0.1) is 0 Å². The number of carbonyl (C=O) groups is 1. The van der Waals surface area contributed by atoms with Crippen LogP contribution in [0.2, 0.25) is 5.02 Å². The van der Waals surface area contributed by atoms with Crippen molar-refractivity contribution in [2.75, 3.05) is 7.11 Å². The van der Waals surface area contributed by atoms with Crippen molar-refractivity contribution in [1.29, 1.82) is 0 Å². The lowest BCUT2D eigenvalue weighted by Gasteiger charge is -2.22. The van der Waals surface area contributed by atoms with Crippen molar-refractivity contribution in [2.45, 2.75) is 44.8 Å². The lowest BCUT2D eigenvalue weighted by molar-refractivity contribution is 0.0917. The number of nitrogens with zero attached hydrogens (tertiary/aromatic N) is 3. The molecule has 0 spiro atoms. The molecule has 1 aliphatic rings. The highest BCUT2D eigenvalue weighted by molar-refractivity contribution is 6.30. The van der Waals surface area contributed by atoms with E-state index in [4.69, 9.17) is 16.3 Å². The van der Waals surface area contributed by atoms with Gasteiger partial charge in [-0.05, 0) is 37.1 Å². The number of halogens is 1. The molecule has 1 amide bonds. The summed E-state index contributed by atoms with van der Waals surface area (Å²) < 4.78 is 6.87. The average molecular weight is 349 g/mol. The van der Waals surface area contributed by atoms with E-state index in [9.17, 15) is 4.79 Å². The Balaban J connectivity index is 1.84. The molecule has 1 N–H and O–H groups in total. The molecule has 1 saturated carbocycles. The van der Waals surface area contributed by atoms with Gasteiger partial charge in [-0.25, -0.2) is 4.68 Å². The lowest BCUT2D eigenvalue weighted by atomic mass is 9.95. The van der Waals surface area contributed by atoms with Gasteiger partial charge in [0.2, 0.25) is 0 Å². The van der Waals surface area contributed by atoms with Gasteiger partial charge < -0.3 is 10.1 Å². The molecule has 0 radical (unpaired) electrons. The van der Waals surface area contributed by atoms with E-state index in [0.29, 0.717) is 16.4 Å². The highest BCUT2D eigenvalue weighted by Crippen LogP contribution is 2.20. The van der Waals surface area contributed by atoms with E-state index in [-0.39, 0.29) is 18.6 Å². The van der Waals surface area contributed by atoms with Gasteiger partial charge >= 0.3 is 0 Å². The highest BCUT2D eigenvalue weighted by atomic mass is 35.5. The SMILES string of the molecule is COCc1c(C(=O)NC2CCCCC2)nnn1-c1ccc(Cl)cc1. The first-order chi connectivity index (χ1) is 11.7. The van der Waals surface area contributed by atoms with E-state index < -0.39 is 0 Å². The van der Waals surface area contributed by atoms with Gasteiger partial charge in [-0.1, -0.05) is 36.1 Å². The number of ether oxygens (including phenoxy) is 1. The standard InChI is InChI=1S/C17H21ClN4O2/c1-24-11-15-16(17(23)19-13-5-3-2-4-6-13)20-21-22(15)14-9-7-12(18)8-10-14/h7-10,13H,2-6,11H2,1H3,(H,19,23). The van der Waals surface area contributed by atoms with E-state index >= 15 is 0 Å². The molecule has 0 unspecified atom stereocenters. The average Bonchev–Trinajstić information content (AvgIpc) is 3.01. The van der Waals surface area contributed by atoms with Crippen LogP contribution in [0.5, 0.6) is 0 Å². The summed E-state index contributed by atoms with van der Waals surface area (Å²) in [5.41, 5.74) is 1.74. The molecule has 0 atom stereocenters. The molecule has 128 valence electrons. The number of hydrogen-bond acceptors (Lipinski definition) is 4. The summed E-state index contributed by atoms with van der Waals surface area (Å²) >= 11 is 5.93. The third-order valence-electron chi connectivity index (χ3n) is 4.27. The Morgan fingerprint density at radius 2 is 2.00 bits per heavy atom. The fourth-order valence-corrected chi connectivity index (χ4v) is 3.16. The molecule has 0 bridgehead atoms. The summed E-state index contributed by atoms with van der Waals surface area (Å²) in [6.45, 7) is 0.253. The van der Waals surface area contributed by atoms with Crippen molar-refractivity contribution >= 4 is 17.5 Å². The molecule has 0 aliphatic heterocycles. The van der Waals surface area contributed by atoms with Crippen LogP contribution in [0.25, 0.3) is 5.69 Å². The van der Waals surface area contributed by atoms with Crippen LogP contribution in [0.1, 0.15) is 48.3 Å². The van der Waals surface area contributed by atoms with Crippen molar-refractivity contribution in [3.63, 3.8) is 0 Å². The van der Waals surface area contributed by atoms with Gasteiger partial charge in [0.15, 0.2) is 5.69 Å². The van der Waals surface area contributed by atoms with Gasteiger partial charge in [-0.2, -0.15) is 0 Å². The number of hydrogen-bond donors (Lipinski definition) is 1. The molecule has 1 fully saturated rings. The number of benzene rings is 1. The Morgan fingerprint density at radius 1 is 1.29 bits per heavy atom. The van der Waals surface area contributed by atoms with Gasteiger partial charge in [-0.15, -0.1) is 5.10 Å². The van der Waals surface area contributed by atoms with Crippen LogP contribution in [-0.4, -0.2) is 34.1 Å². The summed E-state index contributed by atoms with van der Waals surface area (Å²) in [6, 6.07) is 7.44. The van der Waals surface area contributed by atoms with Crippen LogP contribution in [0.4, 0.5) is 0 Å². The Kier molecular flexibility index (Phi) is 5.48. The zero-order chi connectivity index (χ0) is 16.9. The second-order valence-electron chi connectivity index (χ2n) is 6.01. The normalized spacial score (nSPS) is 15.4. The highest BCUT2D eigenvalue weighted by Gasteiger charge is 2.23. The summed E-state index contributed by atoms with van der Waals surface area (Å²) in [4.78, 5) is 12.6. The number of methoxy groups -OCH3 is 1. The molecule has 1 aromatic heterocycles. The molecule has 0 saturated heterocycles. The smallest absolute Gasteiger partial charge is 0.274 e. The van der Waals surface area contributed by atoms with Gasteiger partial charge in [0.05, 0.1) is 12.3 Å². The second kappa shape index (κ2) is 7.77. The third kappa shape index (κ3) is 3.76. The summed E-state index contributed by atoms with van der Waals surface area (Å²) in [7, 11) is 1.59. The Labute approximate surface area is 146 Å². The molecule has 6 nitrogen and oxygen atoms in total. The van der Waals surface area contributed by atoms with Crippen molar-refractivity contribution in [2.24, 2.45) is 0 Å². The van der Waals surface area contributed by atoms with Gasteiger partial charge in [-0.3, -0.25) is 4.79 Å². The molecule has 1 aliphatic carbocycles. The van der Waals surface area contributed by atoms with E-state index in [1.54, 1.807) is 23.9 Å². The zero-order valence-electron chi connectivity index (χ0n) is 13.7. The number of amides is 1. The molecular formula is C17H21ClN4O2. The molecule has 2 aromatic rings. The molecule has 24 heavy (non-hydrogen) atoms. The maximum Gasteiger partial charge on any atom is 0.274 e. The number of aromatic nitrogens is 3. The predicted molar refractivity (Wildman–Crippen MR) is 91.4 cm³/mol. The monoisotopic (exact) mass is 348 g/mol. The first-order valence-corrected chi connectivity index (χ1v) is 8.57. The Hall–Kier alpha value is -1.92. The molecule has 1 heterocycles. The predicted octanol–water partition coefficient (Wildman–Crippen LogP) is 3.13. The zero-order valence-corrected chi connectivity index (χ0v) is 14.4. The summed E-state index contributed by atoms with van der Waals surface area (Å²) in [6.07, 6.45) is 5.61. The summed E-state index contributed by atoms with van der Waals surface area (Å²) in [5.74, 6) is -0.186. The minimum absolute atomic E-state index is 0.186. The largest absolute Gasteiger partial charge is 0.378 e. The molecule has 1 aromatic carbocycles. The molecule has 3 rings (SSSR count). The first-order valence-electron chi connectivity index (χ1n) is 8.19. The van der Waals surface area contributed by atoms with Crippen LogP contribution < -0.4 is 5.32 Å². The van der Waals surface area contributed by atoms with Gasteiger partial charge in [0.25, 0.3) is 5.91 Å². The van der Waals surface area contributed by atoms with Crippen LogP contribution in [-0.2, 0) is 11.3 Å². The minimum atomic E-state index is -0.186. The van der Waals surface area contributed by atoms with E-state index in [2.05, 4.69) is 15.6 Å². The maximum atomic E-state index is 12.6. The van der Waals surface area contributed by atoms with E-state index in [1.165, 1.54) is 6.42 Å². The van der Waals surface area contributed by atoms with Crippen LogP contribution >= 0.6 is 11.6 Å². The Morgan fingerprint density at radius 3 is 2.67 bits per heavy atom. The topological polar surface area (TPSA) is 69.0 Å². The van der Waals surface area contributed by atoms with Crippen molar-refractivity contribution in [3.8, 4) is 5.69 Å². The molecular weight excluding hydrogens is 328 g/mol. The molecule has 7 heteroatoms. The van der Waals surface area contributed by atoms with Crippen LogP contribution in [0.15, 0.2) is 24.3 Å². The van der Waals surface area contributed by atoms with Crippen LogP contribution in [0.3, 0.4) is 0 Å². The Bertz CT molecular complexity index is 693. The third-order valence-corrected chi connectivity index (χ3v) is 4.52. The van der Waals surface area contributed by atoms with E-state index in [1.807, 2.05) is 12.1 Å². The number of carbonyl (C=O) groups excluding carboxylic acids is 1. The number of nitrogens with one attached hydrogen (secondary N) is 1. The maximum absolute atomic E-state index is 12.6. The first kappa shape index (κ1) is 16.9. The van der Waals surface area contributed by atoms with Gasteiger partial charge in [0, 0.05) is 18.2 Å². The summed E-state index contributed by atoms with van der Waals surface area (Å²) in [5, 5.41) is 11.9. The lowest BCUT2D eigenvalue weighted by Crippen LogP contribution is -2.36. The number of rotatable bonds is 5. The van der Waals surface area contributed by atoms with E-state index in [0.717, 1.165) is 31.4 Å². The van der Waals surface area contributed by atoms with Crippen molar-refractivity contribution in [3.05, 3.63) is 40.7 Å². The fraction of sp³-hybridized carbons (Fsp3) is 0.471. The minimum Gasteiger partial charge on any atom is -0.378 e. The van der Waals surface area contributed by atoms with Crippen molar-refractivity contribution < 1.29 is 9.53 Å². The fourth-order valence-electron chi connectivity index (χ4n) is 3.03. The second-order valence-corrected chi connectivity index (χ2v) is 6.45.